The van der Waals surface area contributed by atoms with Gasteiger partial charge in [-0.05, 0) is 70.5 Å². The van der Waals surface area contributed by atoms with Crippen molar-refractivity contribution in [1.82, 2.24) is 4.90 Å². The lowest BCUT2D eigenvalue weighted by molar-refractivity contribution is 0.137. The molecule has 1 heteroatoms. The lowest BCUT2D eigenvalue weighted by Gasteiger charge is -2.41. The van der Waals surface area contributed by atoms with E-state index >= 15 is 0 Å². The van der Waals surface area contributed by atoms with Gasteiger partial charge in [0.15, 0.2) is 0 Å². The summed E-state index contributed by atoms with van der Waals surface area (Å²) < 4.78 is 0. The number of piperidine rings is 1. The molecule has 2 unspecified atom stereocenters. The summed E-state index contributed by atoms with van der Waals surface area (Å²) in [6, 6.07) is 0. The monoisotopic (exact) mass is 191 g/mol. The lowest BCUT2D eigenvalue weighted by atomic mass is 9.71. The number of fused-ring (bicyclic) bond motifs is 2. The van der Waals surface area contributed by atoms with Gasteiger partial charge in [0.2, 0.25) is 0 Å². The van der Waals surface area contributed by atoms with Crippen LogP contribution in [0.4, 0.5) is 0 Å². The highest BCUT2D eigenvalue weighted by Crippen LogP contribution is 2.67. The van der Waals surface area contributed by atoms with Crippen molar-refractivity contribution in [3.63, 3.8) is 0 Å². The molecule has 1 aliphatic heterocycles. The van der Waals surface area contributed by atoms with Crippen molar-refractivity contribution < 1.29 is 0 Å². The Morgan fingerprint density at radius 2 is 1.86 bits per heavy atom. The summed E-state index contributed by atoms with van der Waals surface area (Å²) in [5.74, 6) is 2.05. The van der Waals surface area contributed by atoms with Gasteiger partial charge < -0.3 is 4.90 Å². The topological polar surface area (TPSA) is 3.24 Å². The minimum atomic E-state index is 0.654. The lowest BCUT2D eigenvalue weighted by Crippen LogP contribution is -2.39. The van der Waals surface area contributed by atoms with Crippen LogP contribution in [0, 0.1) is 17.3 Å². The fourth-order valence-electron chi connectivity index (χ4n) is 4.00. The minimum absolute atomic E-state index is 0.654. The molecule has 0 N–H and O–H groups in total. The van der Waals surface area contributed by atoms with Crippen molar-refractivity contribution in [2.45, 2.75) is 33.1 Å². The Labute approximate surface area is 87.2 Å². The first-order chi connectivity index (χ1) is 6.65. The quantitative estimate of drug-likeness (QED) is 0.532. The van der Waals surface area contributed by atoms with E-state index in [0.29, 0.717) is 5.41 Å². The Kier molecular flexibility index (Phi) is 1.69. The van der Waals surface area contributed by atoms with Crippen LogP contribution >= 0.6 is 0 Å². The fraction of sp³-hybridized carbons (Fsp3) is 0.846. The van der Waals surface area contributed by atoms with Gasteiger partial charge in [-0.3, -0.25) is 0 Å². The molecule has 2 aliphatic carbocycles. The van der Waals surface area contributed by atoms with Crippen LogP contribution in [0.2, 0.25) is 0 Å². The zero-order valence-electron chi connectivity index (χ0n) is 9.64. The van der Waals surface area contributed by atoms with E-state index in [1.54, 1.807) is 11.1 Å². The molecular formula is C13H21N. The van der Waals surface area contributed by atoms with Crippen molar-refractivity contribution in [1.29, 1.82) is 0 Å². The summed E-state index contributed by atoms with van der Waals surface area (Å²) in [5, 5.41) is 0. The highest BCUT2D eigenvalue weighted by atomic mass is 15.1. The van der Waals surface area contributed by atoms with E-state index in [9.17, 15) is 0 Å². The summed E-state index contributed by atoms with van der Waals surface area (Å²) >= 11 is 0. The molecule has 0 aromatic rings. The smallest absolute Gasteiger partial charge is 0.00133 e. The van der Waals surface area contributed by atoms with Crippen molar-refractivity contribution in [2.75, 3.05) is 20.1 Å². The van der Waals surface area contributed by atoms with E-state index in [2.05, 4.69) is 25.8 Å². The van der Waals surface area contributed by atoms with Gasteiger partial charge in [0.25, 0.3) is 0 Å². The fourth-order valence-corrected chi connectivity index (χ4v) is 4.00. The van der Waals surface area contributed by atoms with E-state index in [-0.39, 0.29) is 0 Å². The van der Waals surface area contributed by atoms with Gasteiger partial charge in [0.1, 0.15) is 0 Å². The average molecular weight is 191 g/mol. The second-order valence-electron chi connectivity index (χ2n) is 5.72. The predicted octanol–water partition coefficient (Wildman–Crippen LogP) is 2.68. The first-order valence-electron chi connectivity index (χ1n) is 6.01. The molecule has 78 valence electrons. The third-order valence-corrected chi connectivity index (χ3v) is 5.27. The second-order valence-corrected chi connectivity index (χ2v) is 5.72. The number of nitrogens with zero attached hydrogens (tertiary/aromatic N) is 1. The molecular weight excluding hydrogens is 170 g/mol. The van der Waals surface area contributed by atoms with Crippen LogP contribution in [-0.4, -0.2) is 25.0 Å². The molecule has 1 heterocycles. The molecule has 0 bridgehead atoms. The molecule has 0 aromatic carbocycles. The van der Waals surface area contributed by atoms with Gasteiger partial charge >= 0.3 is 0 Å². The van der Waals surface area contributed by atoms with Gasteiger partial charge in [0.05, 0.1) is 0 Å². The molecule has 1 saturated carbocycles. The maximum Gasteiger partial charge on any atom is -0.00133 e. The number of likely N-dealkylation sites (tertiary alicyclic amines) is 1. The Balaban J connectivity index is 1.91. The summed E-state index contributed by atoms with van der Waals surface area (Å²) in [7, 11) is 2.26. The van der Waals surface area contributed by atoms with Crippen LogP contribution < -0.4 is 0 Å². The number of hydrogen-bond donors (Lipinski definition) is 0. The first kappa shape index (κ1) is 8.96. The SMILES string of the molecule is CC1=C(C)C2(CCN(C)CC2)C2CC12. The Morgan fingerprint density at radius 1 is 1.21 bits per heavy atom. The Bertz CT molecular complexity index is 294. The Morgan fingerprint density at radius 3 is 2.36 bits per heavy atom. The van der Waals surface area contributed by atoms with Gasteiger partial charge in [-0.2, -0.15) is 0 Å². The summed E-state index contributed by atoms with van der Waals surface area (Å²) in [4.78, 5) is 2.49. The average Bonchev–Trinajstić information content (AvgIpc) is 2.94. The molecule has 0 aromatic heterocycles. The van der Waals surface area contributed by atoms with E-state index < -0.39 is 0 Å². The van der Waals surface area contributed by atoms with Gasteiger partial charge in [-0.25, -0.2) is 0 Å². The van der Waals surface area contributed by atoms with Crippen molar-refractivity contribution in [3.05, 3.63) is 11.1 Å². The predicted molar refractivity (Wildman–Crippen MR) is 59.1 cm³/mol. The maximum atomic E-state index is 2.49. The van der Waals surface area contributed by atoms with Crippen LogP contribution in [0.3, 0.4) is 0 Å². The first-order valence-corrected chi connectivity index (χ1v) is 6.01. The minimum Gasteiger partial charge on any atom is -0.306 e. The molecule has 14 heavy (non-hydrogen) atoms. The van der Waals surface area contributed by atoms with Gasteiger partial charge in [0, 0.05) is 0 Å². The third-order valence-electron chi connectivity index (χ3n) is 5.27. The highest BCUT2D eigenvalue weighted by molar-refractivity contribution is 5.37. The second kappa shape index (κ2) is 2.63. The largest absolute Gasteiger partial charge is 0.306 e. The normalized spacial score (nSPS) is 40.5. The zero-order chi connectivity index (χ0) is 9.92. The summed E-state index contributed by atoms with van der Waals surface area (Å²) in [6.07, 6.45) is 4.36. The molecule has 3 aliphatic rings. The number of hydrogen-bond acceptors (Lipinski definition) is 1. The van der Waals surface area contributed by atoms with Crippen LogP contribution in [0.15, 0.2) is 11.1 Å². The van der Waals surface area contributed by atoms with Gasteiger partial charge in [-0.15, -0.1) is 0 Å². The molecule has 1 spiro atoms. The van der Waals surface area contributed by atoms with Crippen molar-refractivity contribution >= 4 is 0 Å². The van der Waals surface area contributed by atoms with Crippen LogP contribution in [0.25, 0.3) is 0 Å². The maximum absolute atomic E-state index is 2.49. The van der Waals surface area contributed by atoms with Crippen LogP contribution in [0.1, 0.15) is 33.1 Å². The van der Waals surface area contributed by atoms with E-state index in [0.717, 1.165) is 11.8 Å². The molecule has 0 radical (unpaired) electrons. The van der Waals surface area contributed by atoms with Crippen molar-refractivity contribution in [2.24, 2.45) is 17.3 Å². The van der Waals surface area contributed by atoms with Crippen LogP contribution in [0.5, 0.6) is 0 Å². The Hall–Kier alpha value is -0.300. The standard InChI is InChI=1S/C13H21N/c1-9-10(2)13(12-8-11(9)12)4-6-14(3)7-5-13/h11-12H,4-8H2,1-3H3. The third kappa shape index (κ3) is 0.942. The highest BCUT2D eigenvalue weighted by Gasteiger charge is 2.59. The molecule has 2 atom stereocenters. The number of allylic oxidation sites excluding steroid dienone is 2. The zero-order valence-corrected chi connectivity index (χ0v) is 9.64. The molecule has 0 amide bonds. The molecule has 3 rings (SSSR count). The van der Waals surface area contributed by atoms with Gasteiger partial charge in [-0.1, -0.05) is 11.1 Å². The summed E-state index contributed by atoms with van der Waals surface area (Å²) in [6.45, 7) is 7.42. The summed E-state index contributed by atoms with van der Waals surface area (Å²) in [5.41, 5.74) is 4.17. The van der Waals surface area contributed by atoms with Crippen LogP contribution in [-0.2, 0) is 0 Å². The van der Waals surface area contributed by atoms with E-state index in [1.165, 1.54) is 32.4 Å². The molecule has 2 fully saturated rings. The molecule has 1 saturated heterocycles. The van der Waals surface area contributed by atoms with E-state index in [4.69, 9.17) is 0 Å². The van der Waals surface area contributed by atoms with E-state index in [1.807, 2.05) is 0 Å². The number of rotatable bonds is 0. The molecule has 1 nitrogen and oxygen atoms in total. The van der Waals surface area contributed by atoms with Crippen molar-refractivity contribution in [3.8, 4) is 0 Å².